The smallest absolute Gasteiger partial charge is 0.252 e. The largest absolute Gasteiger partial charge is 0.338 e. The fourth-order valence-corrected chi connectivity index (χ4v) is 2.95. The van der Waals surface area contributed by atoms with Crippen LogP contribution in [0.2, 0.25) is 0 Å². The lowest BCUT2D eigenvalue weighted by Crippen LogP contribution is -2.31. The van der Waals surface area contributed by atoms with E-state index in [1.54, 1.807) is 6.20 Å². The van der Waals surface area contributed by atoms with Gasteiger partial charge in [-0.25, -0.2) is 8.78 Å². The summed E-state index contributed by atoms with van der Waals surface area (Å²) < 4.78 is 32.2. The summed E-state index contributed by atoms with van der Waals surface area (Å²) in [5, 5.41) is 3.87. The number of aromatic nitrogens is 3. The quantitative estimate of drug-likeness (QED) is 0.843. The number of rotatable bonds is 4. The Hall–Kier alpha value is -1.85. The summed E-state index contributed by atoms with van der Waals surface area (Å²) in [7, 11) is 0. The van der Waals surface area contributed by atoms with Crippen LogP contribution in [0.4, 0.5) is 8.78 Å². The average Bonchev–Trinajstić information content (AvgIpc) is 3.17. The van der Waals surface area contributed by atoms with Crippen molar-refractivity contribution < 1.29 is 13.3 Å². The van der Waals surface area contributed by atoms with E-state index in [1.165, 1.54) is 0 Å². The molecule has 0 atom stereocenters. The molecule has 3 rings (SSSR count). The molecule has 1 aliphatic carbocycles. The van der Waals surface area contributed by atoms with E-state index in [9.17, 15) is 8.78 Å². The molecule has 6 heteroatoms. The predicted octanol–water partition coefficient (Wildman–Crippen LogP) is 4.33. The fourth-order valence-electron chi connectivity index (χ4n) is 2.95. The molecule has 0 amide bonds. The Labute approximate surface area is 128 Å². The standard InChI is InChI=1S/C16H19F2N3O/c1-10(2)12-6-5-11(9-19-12)13-20-15(22-21-13)16(14(17)18)7-3-4-8-16/h5-6,9-10,14H,3-4,7-8H2,1-2H3. The molecule has 2 heterocycles. The Morgan fingerprint density at radius 1 is 1.18 bits per heavy atom. The van der Waals surface area contributed by atoms with E-state index in [-0.39, 0.29) is 5.89 Å². The van der Waals surface area contributed by atoms with Gasteiger partial charge in [0.15, 0.2) is 0 Å². The summed E-state index contributed by atoms with van der Waals surface area (Å²) in [6.45, 7) is 4.11. The lowest BCUT2D eigenvalue weighted by Gasteiger charge is -2.22. The molecule has 2 aromatic rings. The Balaban J connectivity index is 1.90. The molecule has 0 unspecified atom stereocenters. The van der Waals surface area contributed by atoms with Crippen LogP contribution in [-0.4, -0.2) is 21.6 Å². The molecule has 118 valence electrons. The third-order valence-electron chi connectivity index (χ3n) is 4.40. The zero-order chi connectivity index (χ0) is 15.7. The van der Waals surface area contributed by atoms with Gasteiger partial charge in [0.2, 0.25) is 11.7 Å². The molecule has 0 aliphatic heterocycles. The first kappa shape index (κ1) is 15.1. The van der Waals surface area contributed by atoms with E-state index in [2.05, 4.69) is 29.0 Å². The summed E-state index contributed by atoms with van der Waals surface area (Å²) in [5.74, 6) is 0.711. The Bertz CT molecular complexity index is 631. The molecular weight excluding hydrogens is 288 g/mol. The highest BCUT2D eigenvalue weighted by Crippen LogP contribution is 2.45. The molecule has 0 N–H and O–H groups in total. The van der Waals surface area contributed by atoms with E-state index < -0.39 is 11.8 Å². The maximum Gasteiger partial charge on any atom is 0.252 e. The number of halogens is 2. The van der Waals surface area contributed by atoms with E-state index in [1.807, 2.05) is 12.1 Å². The topological polar surface area (TPSA) is 51.8 Å². The van der Waals surface area contributed by atoms with Crippen molar-refractivity contribution in [2.45, 2.75) is 57.3 Å². The van der Waals surface area contributed by atoms with Gasteiger partial charge >= 0.3 is 0 Å². The van der Waals surface area contributed by atoms with E-state index in [0.29, 0.717) is 30.1 Å². The molecule has 0 spiro atoms. The molecule has 1 saturated carbocycles. The maximum atomic E-state index is 13.5. The van der Waals surface area contributed by atoms with Gasteiger partial charge < -0.3 is 4.52 Å². The number of alkyl halides is 2. The lowest BCUT2D eigenvalue weighted by molar-refractivity contribution is 0.0328. The molecule has 0 radical (unpaired) electrons. The Morgan fingerprint density at radius 2 is 1.91 bits per heavy atom. The first-order valence-corrected chi connectivity index (χ1v) is 7.61. The third kappa shape index (κ3) is 2.51. The molecule has 0 bridgehead atoms. The van der Waals surface area contributed by atoms with Crippen LogP contribution in [0.5, 0.6) is 0 Å². The second kappa shape index (κ2) is 5.74. The fraction of sp³-hybridized carbons (Fsp3) is 0.562. The monoisotopic (exact) mass is 307 g/mol. The molecule has 22 heavy (non-hydrogen) atoms. The van der Waals surface area contributed by atoms with Crippen LogP contribution >= 0.6 is 0 Å². The number of hydrogen-bond acceptors (Lipinski definition) is 4. The zero-order valence-corrected chi connectivity index (χ0v) is 12.7. The Kier molecular flexibility index (Phi) is 3.93. The van der Waals surface area contributed by atoms with Crippen molar-refractivity contribution in [3.63, 3.8) is 0 Å². The van der Waals surface area contributed by atoms with Gasteiger partial charge in [-0.3, -0.25) is 4.98 Å². The highest BCUT2D eigenvalue weighted by atomic mass is 19.3. The molecular formula is C16H19F2N3O. The SMILES string of the molecule is CC(C)c1ccc(-c2noc(C3(C(F)F)CCCC3)n2)cn1. The predicted molar refractivity (Wildman–Crippen MR) is 77.8 cm³/mol. The first-order chi connectivity index (χ1) is 10.5. The minimum absolute atomic E-state index is 0.0583. The normalized spacial score (nSPS) is 17.5. The van der Waals surface area contributed by atoms with Crippen molar-refractivity contribution >= 4 is 0 Å². The molecule has 0 saturated heterocycles. The number of hydrogen-bond donors (Lipinski definition) is 0. The van der Waals surface area contributed by atoms with Crippen LogP contribution < -0.4 is 0 Å². The lowest BCUT2D eigenvalue weighted by atomic mass is 9.86. The van der Waals surface area contributed by atoms with E-state index >= 15 is 0 Å². The zero-order valence-electron chi connectivity index (χ0n) is 12.7. The average molecular weight is 307 g/mol. The van der Waals surface area contributed by atoms with Gasteiger partial charge in [-0.2, -0.15) is 4.98 Å². The van der Waals surface area contributed by atoms with Gasteiger partial charge in [0.25, 0.3) is 6.43 Å². The van der Waals surface area contributed by atoms with Crippen LogP contribution in [0.25, 0.3) is 11.4 Å². The van der Waals surface area contributed by atoms with Crippen molar-refractivity contribution in [3.05, 3.63) is 29.9 Å². The van der Waals surface area contributed by atoms with E-state index in [4.69, 9.17) is 4.52 Å². The highest BCUT2D eigenvalue weighted by Gasteiger charge is 2.48. The summed E-state index contributed by atoms with van der Waals surface area (Å²) in [6, 6.07) is 3.75. The van der Waals surface area contributed by atoms with Crippen molar-refractivity contribution in [1.82, 2.24) is 15.1 Å². The van der Waals surface area contributed by atoms with Gasteiger partial charge in [0, 0.05) is 17.5 Å². The Morgan fingerprint density at radius 3 is 2.45 bits per heavy atom. The molecule has 4 nitrogen and oxygen atoms in total. The number of nitrogens with zero attached hydrogens (tertiary/aromatic N) is 3. The molecule has 0 aromatic carbocycles. The molecule has 2 aromatic heterocycles. The van der Waals surface area contributed by atoms with Gasteiger partial charge in [-0.1, -0.05) is 31.8 Å². The van der Waals surface area contributed by atoms with Crippen LogP contribution in [-0.2, 0) is 5.41 Å². The van der Waals surface area contributed by atoms with Crippen molar-refractivity contribution in [3.8, 4) is 11.4 Å². The minimum atomic E-state index is -2.48. The van der Waals surface area contributed by atoms with E-state index in [0.717, 1.165) is 18.5 Å². The summed E-state index contributed by atoms with van der Waals surface area (Å²) >= 11 is 0. The van der Waals surface area contributed by atoms with Gasteiger partial charge in [0.05, 0.1) is 0 Å². The van der Waals surface area contributed by atoms with Crippen LogP contribution in [0.15, 0.2) is 22.9 Å². The van der Waals surface area contributed by atoms with Gasteiger partial charge in [0.1, 0.15) is 5.41 Å². The van der Waals surface area contributed by atoms with Crippen molar-refractivity contribution in [2.24, 2.45) is 0 Å². The van der Waals surface area contributed by atoms with Crippen molar-refractivity contribution in [1.29, 1.82) is 0 Å². The van der Waals surface area contributed by atoms with Crippen molar-refractivity contribution in [2.75, 3.05) is 0 Å². The van der Waals surface area contributed by atoms with Crippen LogP contribution in [0.3, 0.4) is 0 Å². The minimum Gasteiger partial charge on any atom is -0.338 e. The summed E-state index contributed by atoms with van der Waals surface area (Å²) in [6.07, 6.45) is 1.52. The molecule has 1 fully saturated rings. The second-order valence-electron chi connectivity index (χ2n) is 6.21. The third-order valence-corrected chi connectivity index (χ3v) is 4.40. The maximum absolute atomic E-state index is 13.5. The van der Waals surface area contributed by atoms with Gasteiger partial charge in [-0.05, 0) is 30.9 Å². The number of pyridine rings is 1. The van der Waals surface area contributed by atoms with Crippen LogP contribution in [0, 0.1) is 0 Å². The first-order valence-electron chi connectivity index (χ1n) is 7.61. The second-order valence-corrected chi connectivity index (χ2v) is 6.21. The highest BCUT2D eigenvalue weighted by molar-refractivity contribution is 5.52. The summed E-state index contributed by atoms with van der Waals surface area (Å²) in [5.41, 5.74) is 0.380. The summed E-state index contributed by atoms with van der Waals surface area (Å²) in [4.78, 5) is 8.58. The van der Waals surface area contributed by atoms with Crippen LogP contribution in [0.1, 0.15) is 57.0 Å². The van der Waals surface area contributed by atoms with Gasteiger partial charge in [-0.15, -0.1) is 0 Å². The molecule has 1 aliphatic rings.